The van der Waals surface area contributed by atoms with E-state index >= 15 is 0 Å². The van der Waals surface area contributed by atoms with Crippen molar-refractivity contribution in [2.45, 2.75) is 31.5 Å². The van der Waals surface area contributed by atoms with Crippen molar-refractivity contribution in [2.75, 3.05) is 26.3 Å². The van der Waals surface area contributed by atoms with Gasteiger partial charge in [0.2, 0.25) is 5.91 Å². The van der Waals surface area contributed by atoms with Crippen LogP contribution in [0.2, 0.25) is 0 Å². The zero-order chi connectivity index (χ0) is 13.8. The van der Waals surface area contributed by atoms with Crippen LogP contribution >= 0.6 is 0 Å². The van der Waals surface area contributed by atoms with Crippen molar-refractivity contribution >= 4 is 5.91 Å². The summed E-state index contributed by atoms with van der Waals surface area (Å²) in [6.45, 7) is 2.85. The van der Waals surface area contributed by atoms with Gasteiger partial charge < -0.3 is 14.4 Å². The molecule has 0 atom stereocenters. The molecule has 3 rings (SSSR count). The molecule has 0 unspecified atom stereocenters. The molecule has 2 saturated heterocycles. The van der Waals surface area contributed by atoms with Gasteiger partial charge in [0.25, 0.3) is 0 Å². The maximum atomic E-state index is 12.2. The summed E-state index contributed by atoms with van der Waals surface area (Å²) in [5, 5.41) is 0. The van der Waals surface area contributed by atoms with Crippen LogP contribution in [0.4, 0.5) is 0 Å². The fraction of sp³-hybridized carbons (Fsp3) is 0.562. The SMILES string of the molecule is O=C(CCc1ccccc1)N1CCC2(CC1)OCCO2. The zero-order valence-electron chi connectivity index (χ0n) is 11.7. The zero-order valence-corrected chi connectivity index (χ0v) is 11.7. The molecule has 0 radical (unpaired) electrons. The molecule has 0 saturated carbocycles. The number of amides is 1. The molecule has 1 aromatic carbocycles. The van der Waals surface area contributed by atoms with Crippen molar-refractivity contribution in [3.8, 4) is 0 Å². The standard InChI is InChI=1S/C16H21NO3/c18-15(7-6-14-4-2-1-3-5-14)17-10-8-16(9-11-17)19-12-13-20-16/h1-5H,6-13H2. The van der Waals surface area contributed by atoms with Gasteiger partial charge in [-0.05, 0) is 12.0 Å². The van der Waals surface area contributed by atoms with Crippen molar-refractivity contribution < 1.29 is 14.3 Å². The topological polar surface area (TPSA) is 38.8 Å². The first-order valence-electron chi connectivity index (χ1n) is 7.37. The summed E-state index contributed by atoms with van der Waals surface area (Å²) in [5.41, 5.74) is 1.22. The third-order valence-electron chi connectivity index (χ3n) is 4.16. The number of piperidine rings is 1. The fourth-order valence-corrected chi connectivity index (χ4v) is 2.94. The second kappa shape index (κ2) is 5.94. The van der Waals surface area contributed by atoms with Gasteiger partial charge >= 0.3 is 0 Å². The Bertz CT molecular complexity index is 444. The minimum absolute atomic E-state index is 0.238. The number of nitrogens with zero attached hydrogens (tertiary/aromatic N) is 1. The van der Waals surface area contributed by atoms with E-state index in [0.29, 0.717) is 19.6 Å². The predicted molar refractivity (Wildman–Crippen MR) is 75.2 cm³/mol. The van der Waals surface area contributed by atoms with E-state index in [1.165, 1.54) is 5.56 Å². The van der Waals surface area contributed by atoms with E-state index in [1.54, 1.807) is 0 Å². The average Bonchev–Trinajstić information content (AvgIpc) is 2.95. The number of hydrogen-bond acceptors (Lipinski definition) is 3. The first kappa shape index (κ1) is 13.6. The Labute approximate surface area is 119 Å². The number of rotatable bonds is 3. The number of carbonyl (C=O) groups excluding carboxylic acids is 1. The van der Waals surface area contributed by atoms with Crippen LogP contribution in [-0.4, -0.2) is 42.9 Å². The number of ether oxygens (including phenoxy) is 2. The van der Waals surface area contributed by atoms with Gasteiger partial charge in [0.1, 0.15) is 0 Å². The Morgan fingerprint density at radius 2 is 1.75 bits per heavy atom. The lowest BCUT2D eigenvalue weighted by molar-refractivity contribution is -0.187. The molecule has 1 spiro atoms. The maximum absolute atomic E-state index is 12.2. The van der Waals surface area contributed by atoms with E-state index in [1.807, 2.05) is 23.1 Å². The van der Waals surface area contributed by atoms with Gasteiger partial charge in [-0.3, -0.25) is 4.79 Å². The molecule has 0 bridgehead atoms. The Morgan fingerprint density at radius 1 is 1.10 bits per heavy atom. The number of hydrogen-bond donors (Lipinski definition) is 0. The largest absolute Gasteiger partial charge is 0.347 e. The molecule has 4 nitrogen and oxygen atoms in total. The molecular weight excluding hydrogens is 254 g/mol. The lowest BCUT2D eigenvalue weighted by Gasteiger charge is -2.37. The Balaban J connectivity index is 1.47. The van der Waals surface area contributed by atoms with Gasteiger partial charge in [0, 0.05) is 32.4 Å². The van der Waals surface area contributed by atoms with Crippen LogP contribution in [0.5, 0.6) is 0 Å². The van der Waals surface area contributed by atoms with Crippen molar-refractivity contribution in [3.63, 3.8) is 0 Å². The molecule has 2 fully saturated rings. The van der Waals surface area contributed by atoms with E-state index in [0.717, 1.165) is 32.4 Å². The Hall–Kier alpha value is -1.39. The number of benzene rings is 1. The summed E-state index contributed by atoms with van der Waals surface area (Å²) in [6, 6.07) is 10.2. The molecule has 108 valence electrons. The third-order valence-corrected chi connectivity index (χ3v) is 4.16. The molecule has 2 aliphatic heterocycles. The first-order valence-corrected chi connectivity index (χ1v) is 7.37. The number of aryl methyl sites for hydroxylation is 1. The highest BCUT2D eigenvalue weighted by Crippen LogP contribution is 2.31. The van der Waals surface area contributed by atoms with E-state index in [4.69, 9.17) is 9.47 Å². The fourth-order valence-electron chi connectivity index (χ4n) is 2.94. The quantitative estimate of drug-likeness (QED) is 0.846. The molecular formula is C16H21NO3. The summed E-state index contributed by atoms with van der Waals surface area (Å²) in [6.07, 6.45) is 2.99. The summed E-state index contributed by atoms with van der Waals surface area (Å²) >= 11 is 0. The summed E-state index contributed by atoms with van der Waals surface area (Å²) in [5.74, 6) is -0.155. The minimum atomic E-state index is -0.393. The van der Waals surface area contributed by atoms with Crippen LogP contribution in [-0.2, 0) is 20.7 Å². The van der Waals surface area contributed by atoms with Gasteiger partial charge in [-0.25, -0.2) is 0 Å². The summed E-state index contributed by atoms with van der Waals surface area (Å²) in [4.78, 5) is 14.2. The van der Waals surface area contributed by atoms with Crippen LogP contribution in [0.3, 0.4) is 0 Å². The maximum Gasteiger partial charge on any atom is 0.222 e. The van der Waals surface area contributed by atoms with E-state index < -0.39 is 5.79 Å². The lowest BCUT2D eigenvalue weighted by Crippen LogP contribution is -2.47. The van der Waals surface area contributed by atoms with Gasteiger partial charge in [0.05, 0.1) is 13.2 Å². The molecule has 4 heteroatoms. The molecule has 20 heavy (non-hydrogen) atoms. The second-order valence-electron chi connectivity index (χ2n) is 5.47. The van der Waals surface area contributed by atoms with Crippen molar-refractivity contribution in [2.24, 2.45) is 0 Å². The third kappa shape index (κ3) is 3.02. The van der Waals surface area contributed by atoms with Crippen molar-refractivity contribution in [1.82, 2.24) is 4.90 Å². The van der Waals surface area contributed by atoms with Crippen LogP contribution in [0, 0.1) is 0 Å². The molecule has 1 aromatic rings. The normalized spacial score (nSPS) is 21.3. The van der Waals surface area contributed by atoms with Gasteiger partial charge in [-0.2, -0.15) is 0 Å². The minimum Gasteiger partial charge on any atom is -0.347 e. The number of carbonyl (C=O) groups is 1. The summed E-state index contributed by atoms with van der Waals surface area (Å²) in [7, 11) is 0. The first-order chi connectivity index (χ1) is 9.77. The van der Waals surface area contributed by atoms with Crippen molar-refractivity contribution in [1.29, 1.82) is 0 Å². The Morgan fingerprint density at radius 3 is 2.40 bits per heavy atom. The van der Waals surface area contributed by atoms with Crippen LogP contribution < -0.4 is 0 Å². The van der Waals surface area contributed by atoms with E-state index in [-0.39, 0.29) is 5.91 Å². The molecule has 2 aliphatic rings. The van der Waals surface area contributed by atoms with Crippen molar-refractivity contribution in [3.05, 3.63) is 35.9 Å². The van der Waals surface area contributed by atoms with Crippen LogP contribution in [0.15, 0.2) is 30.3 Å². The molecule has 0 N–H and O–H groups in total. The number of likely N-dealkylation sites (tertiary alicyclic amines) is 1. The lowest BCUT2D eigenvalue weighted by atomic mass is 10.0. The Kier molecular flexibility index (Phi) is 4.03. The molecule has 0 aromatic heterocycles. The van der Waals surface area contributed by atoms with Crippen LogP contribution in [0.1, 0.15) is 24.8 Å². The molecule has 0 aliphatic carbocycles. The monoisotopic (exact) mass is 275 g/mol. The second-order valence-corrected chi connectivity index (χ2v) is 5.47. The van der Waals surface area contributed by atoms with E-state index in [9.17, 15) is 4.79 Å². The van der Waals surface area contributed by atoms with E-state index in [2.05, 4.69) is 12.1 Å². The van der Waals surface area contributed by atoms with Crippen LogP contribution in [0.25, 0.3) is 0 Å². The van der Waals surface area contributed by atoms with Gasteiger partial charge in [0.15, 0.2) is 5.79 Å². The highest BCUT2D eigenvalue weighted by Gasteiger charge is 2.40. The average molecular weight is 275 g/mol. The highest BCUT2D eigenvalue weighted by molar-refractivity contribution is 5.76. The molecule has 2 heterocycles. The molecule has 1 amide bonds. The summed E-state index contributed by atoms with van der Waals surface area (Å²) < 4.78 is 11.4. The van der Waals surface area contributed by atoms with Gasteiger partial charge in [-0.1, -0.05) is 30.3 Å². The van der Waals surface area contributed by atoms with Gasteiger partial charge in [-0.15, -0.1) is 0 Å². The predicted octanol–water partition coefficient (Wildman–Crippen LogP) is 1.98. The smallest absolute Gasteiger partial charge is 0.222 e. The highest BCUT2D eigenvalue weighted by atomic mass is 16.7.